The first-order valence-corrected chi connectivity index (χ1v) is 7.71. The van der Waals surface area contributed by atoms with Crippen LogP contribution in [0.25, 0.3) is 11.5 Å². The van der Waals surface area contributed by atoms with Crippen LogP contribution in [0.3, 0.4) is 0 Å². The fraction of sp³-hybridized carbons (Fsp3) is 0.400. The van der Waals surface area contributed by atoms with Crippen molar-refractivity contribution < 1.29 is 9.21 Å². The van der Waals surface area contributed by atoms with Crippen LogP contribution in [-0.2, 0) is 4.79 Å². The third-order valence-corrected chi connectivity index (χ3v) is 4.67. The minimum atomic E-state index is -0.0195. The Bertz CT molecular complexity index is 624. The molecule has 4 nitrogen and oxygen atoms in total. The number of thioether (sulfide) groups is 1. The summed E-state index contributed by atoms with van der Waals surface area (Å²) in [5.74, 6) is 0.825. The van der Waals surface area contributed by atoms with Gasteiger partial charge in [0.2, 0.25) is 5.89 Å². The van der Waals surface area contributed by atoms with Crippen LogP contribution < -0.4 is 0 Å². The number of hydrogen-bond acceptors (Lipinski definition) is 5. The van der Waals surface area contributed by atoms with Crippen LogP contribution in [-0.4, -0.2) is 21.2 Å². The van der Waals surface area contributed by atoms with E-state index in [0.29, 0.717) is 23.3 Å². The molecule has 0 spiro atoms. The second kappa shape index (κ2) is 5.79. The van der Waals surface area contributed by atoms with E-state index >= 15 is 0 Å². The third-order valence-electron chi connectivity index (χ3n) is 3.52. The average molecular weight is 288 g/mol. The molecule has 0 saturated heterocycles. The summed E-state index contributed by atoms with van der Waals surface area (Å²) in [6, 6.07) is 7.90. The van der Waals surface area contributed by atoms with Crippen molar-refractivity contribution in [1.29, 1.82) is 0 Å². The van der Waals surface area contributed by atoms with Gasteiger partial charge in [-0.2, -0.15) is 0 Å². The molecular formula is C15H16N2O2S. The average Bonchev–Trinajstić information content (AvgIpc) is 2.90. The highest BCUT2D eigenvalue weighted by atomic mass is 32.2. The van der Waals surface area contributed by atoms with Crippen molar-refractivity contribution in [2.45, 2.75) is 43.1 Å². The molecule has 0 bridgehead atoms. The normalized spacial score (nSPS) is 19.2. The van der Waals surface area contributed by atoms with Crippen LogP contribution in [0.2, 0.25) is 0 Å². The summed E-state index contributed by atoms with van der Waals surface area (Å²) in [6.07, 6.45) is 3.69. The van der Waals surface area contributed by atoms with Crippen molar-refractivity contribution in [2.75, 3.05) is 0 Å². The number of benzene rings is 1. The summed E-state index contributed by atoms with van der Waals surface area (Å²) in [7, 11) is 0. The molecule has 0 N–H and O–H groups in total. The number of nitrogens with zero attached hydrogens (tertiary/aromatic N) is 2. The Labute approximate surface area is 122 Å². The lowest BCUT2D eigenvalue weighted by atomic mass is 9.99. The van der Waals surface area contributed by atoms with E-state index in [4.69, 9.17) is 4.42 Å². The lowest BCUT2D eigenvalue weighted by molar-refractivity contribution is -0.119. The largest absolute Gasteiger partial charge is 0.411 e. The van der Waals surface area contributed by atoms with Gasteiger partial charge in [-0.05, 0) is 31.4 Å². The molecule has 1 heterocycles. The van der Waals surface area contributed by atoms with Crippen molar-refractivity contribution in [3.63, 3.8) is 0 Å². The van der Waals surface area contributed by atoms with Gasteiger partial charge in [-0.1, -0.05) is 36.4 Å². The molecule has 0 amide bonds. The maximum Gasteiger partial charge on any atom is 0.277 e. The first-order valence-electron chi connectivity index (χ1n) is 6.83. The maximum absolute atomic E-state index is 11.8. The molecule has 1 unspecified atom stereocenters. The van der Waals surface area contributed by atoms with Gasteiger partial charge in [-0.3, -0.25) is 4.79 Å². The van der Waals surface area contributed by atoms with Crippen molar-refractivity contribution in [1.82, 2.24) is 10.2 Å². The van der Waals surface area contributed by atoms with Gasteiger partial charge < -0.3 is 4.42 Å². The molecule has 2 aromatic rings. The Morgan fingerprint density at radius 1 is 1.25 bits per heavy atom. The van der Waals surface area contributed by atoms with E-state index in [1.165, 1.54) is 11.8 Å². The fourth-order valence-corrected chi connectivity index (χ4v) is 3.37. The number of aryl methyl sites for hydroxylation is 1. The quantitative estimate of drug-likeness (QED) is 0.863. The van der Waals surface area contributed by atoms with Crippen LogP contribution in [0.1, 0.15) is 31.2 Å². The zero-order valence-corrected chi connectivity index (χ0v) is 12.2. The van der Waals surface area contributed by atoms with Crippen molar-refractivity contribution in [3.05, 3.63) is 29.8 Å². The van der Waals surface area contributed by atoms with Crippen molar-refractivity contribution in [2.24, 2.45) is 0 Å². The molecule has 20 heavy (non-hydrogen) atoms. The minimum absolute atomic E-state index is 0.0195. The van der Waals surface area contributed by atoms with Crippen molar-refractivity contribution in [3.8, 4) is 11.5 Å². The molecule has 3 rings (SSSR count). The van der Waals surface area contributed by atoms with Crippen LogP contribution in [0.15, 0.2) is 33.9 Å². The van der Waals surface area contributed by atoms with Gasteiger partial charge in [0, 0.05) is 12.0 Å². The van der Waals surface area contributed by atoms with Gasteiger partial charge in [0.1, 0.15) is 5.78 Å². The Morgan fingerprint density at radius 2 is 2.10 bits per heavy atom. The first kappa shape index (κ1) is 13.4. The summed E-state index contributed by atoms with van der Waals surface area (Å²) in [4.78, 5) is 11.8. The Hall–Kier alpha value is -1.62. The lowest BCUT2D eigenvalue weighted by Gasteiger charge is -2.17. The molecule has 0 radical (unpaired) electrons. The van der Waals surface area contributed by atoms with Crippen molar-refractivity contribution >= 4 is 17.5 Å². The molecule has 5 heteroatoms. The molecule has 104 valence electrons. The monoisotopic (exact) mass is 288 g/mol. The molecule has 1 aromatic carbocycles. The van der Waals surface area contributed by atoms with E-state index in [0.717, 1.165) is 30.4 Å². The molecule has 0 aliphatic heterocycles. The zero-order valence-electron chi connectivity index (χ0n) is 11.3. The highest BCUT2D eigenvalue weighted by molar-refractivity contribution is 8.00. The Kier molecular flexibility index (Phi) is 3.87. The summed E-state index contributed by atoms with van der Waals surface area (Å²) >= 11 is 1.40. The van der Waals surface area contributed by atoms with Crippen LogP contribution in [0, 0.1) is 6.92 Å². The number of carbonyl (C=O) groups excluding carboxylic acids is 1. The molecule has 1 aromatic heterocycles. The molecule has 1 aliphatic carbocycles. The molecule has 1 fully saturated rings. The number of carbonyl (C=O) groups is 1. The number of rotatable bonds is 3. The smallest absolute Gasteiger partial charge is 0.277 e. The van der Waals surface area contributed by atoms with Gasteiger partial charge in [-0.15, -0.1) is 10.2 Å². The van der Waals surface area contributed by atoms with E-state index in [1.807, 2.05) is 31.2 Å². The third kappa shape index (κ3) is 2.77. The second-order valence-electron chi connectivity index (χ2n) is 5.01. The van der Waals surface area contributed by atoms with Crippen LogP contribution in [0.5, 0.6) is 0 Å². The topological polar surface area (TPSA) is 56.0 Å². The standard InChI is InChI=1S/C15H16N2O2S/c1-10-6-2-3-7-11(10)14-16-17-15(19-14)20-13-9-5-4-8-12(13)18/h2-3,6-7,13H,4-5,8-9H2,1H3. The number of hydrogen-bond donors (Lipinski definition) is 0. The van der Waals surface area contributed by atoms with Gasteiger partial charge >= 0.3 is 0 Å². The fourth-order valence-electron chi connectivity index (χ4n) is 2.38. The van der Waals surface area contributed by atoms with E-state index in [9.17, 15) is 4.79 Å². The molecule has 1 aliphatic rings. The predicted octanol–water partition coefficient (Wildman–Crippen LogP) is 3.65. The highest BCUT2D eigenvalue weighted by Crippen LogP contribution is 2.32. The Morgan fingerprint density at radius 3 is 2.90 bits per heavy atom. The minimum Gasteiger partial charge on any atom is -0.411 e. The maximum atomic E-state index is 11.8. The van der Waals surface area contributed by atoms with Crippen LogP contribution >= 0.6 is 11.8 Å². The van der Waals surface area contributed by atoms with Gasteiger partial charge in [0.05, 0.1) is 5.25 Å². The highest BCUT2D eigenvalue weighted by Gasteiger charge is 2.25. The molecule has 1 atom stereocenters. The van der Waals surface area contributed by atoms with E-state index in [1.54, 1.807) is 0 Å². The van der Waals surface area contributed by atoms with E-state index < -0.39 is 0 Å². The zero-order chi connectivity index (χ0) is 13.9. The lowest BCUT2D eigenvalue weighted by Crippen LogP contribution is -2.21. The number of ketones is 1. The summed E-state index contributed by atoms with van der Waals surface area (Å²) < 4.78 is 5.69. The molecule has 1 saturated carbocycles. The SMILES string of the molecule is Cc1ccccc1-c1nnc(SC2CCCCC2=O)o1. The van der Waals surface area contributed by atoms with Gasteiger partial charge in [-0.25, -0.2) is 0 Å². The van der Waals surface area contributed by atoms with Gasteiger partial charge in [0.15, 0.2) is 0 Å². The Balaban J connectivity index is 1.77. The van der Waals surface area contributed by atoms with E-state index in [2.05, 4.69) is 10.2 Å². The number of Topliss-reactive ketones (excluding diaryl/α,β-unsaturated/α-hetero) is 1. The summed E-state index contributed by atoms with van der Waals surface area (Å²) in [5.41, 5.74) is 2.04. The second-order valence-corrected chi connectivity index (χ2v) is 6.16. The summed E-state index contributed by atoms with van der Waals surface area (Å²) in [6.45, 7) is 2.01. The predicted molar refractivity (Wildman–Crippen MR) is 77.6 cm³/mol. The van der Waals surface area contributed by atoms with Gasteiger partial charge in [0.25, 0.3) is 5.22 Å². The van der Waals surface area contributed by atoms with E-state index in [-0.39, 0.29) is 5.25 Å². The molecular weight excluding hydrogens is 272 g/mol. The van der Waals surface area contributed by atoms with Crippen LogP contribution in [0.4, 0.5) is 0 Å². The number of aromatic nitrogens is 2. The summed E-state index contributed by atoms with van der Waals surface area (Å²) in [5, 5.41) is 8.62. The first-order chi connectivity index (χ1) is 9.74.